The molecule has 2 N–H and O–H groups in total. The van der Waals surface area contributed by atoms with Gasteiger partial charge < -0.3 is 20.1 Å². The number of thiophene rings is 1. The van der Waals surface area contributed by atoms with Gasteiger partial charge in [0.25, 0.3) is 0 Å². The van der Waals surface area contributed by atoms with Crippen LogP contribution in [-0.2, 0) is 14.9 Å². The molecule has 1 aromatic rings. The Balaban J connectivity index is 0.00000242. The number of nitrogens with zero attached hydrogens (tertiary/aromatic N) is 1. The van der Waals surface area contributed by atoms with Gasteiger partial charge in [0.05, 0.1) is 25.9 Å². The maximum absolute atomic E-state index is 5.61. The van der Waals surface area contributed by atoms with E-state index in [1.807, 2.05) is 0 Å². The van der Waals surface area contributed by atoms with Crippen LogP contribution in [0.4, 0.5) is 0 Å². The smallest absolute Gasteiger partial charge is 0.191 e. The first kappa shape index (κ1) is 19.7. The highest BCUT2D eigenvalue weighted by Gasteiger charge is 2.22. The zero-order chi connectivity index (χ0) is 15.1. The number of guanidine groups is 1. The molecule has 1 aliphatic heterocycles. The Labute approximate surface area is 153 Å². The first-order valence-corrected chi connectivity index (χ1v) is 8.17. The third-order valence-corrected chi connectivity index (χ3v) is 4.73. The standard InChI is InChI=1S/C15H25N3O2S.HI/c1-15(2,13-5-4-8-21-13)11-18-14(16-3)17-9-12-10-19-6-7-20-12;/h4-5,8,12H,6-7,9-11H2,1-3H3,(H2,16,17,18);1H. The summed E-state index contributed by atoms with van der Waals surface area (Å²) >= 11 is 1.79. The highest BCUT2D eigenvalue weighted by molar-refractivity contribution is 14.0. The lowest BCUT2D eigenvalue weighted by atomic mass is 9.91. The van der Waals surface area contributed by atoms with Crippen molar-refractivity contribution in [3.8, 4) is 0 Å². The molecule has 0 amide bonds. The van der Waals surface area contributed by atoms with Gasteiger partial charge in [0.15, 0.2) is 5.96 Å². The quantitative estimate of drug-likeness (QED) is 0.420. The van der Waals surface area contributed by atoms with E-state index in [0.29, 0.717) is 26.4 Å². The molecule has 1 fully saturated rings. The van der Waals surface area contributed by atoms with Crippen LogP contribution in [-0.4, -0.2) is 52.0 Å². The zero-order valence-corrected chi connectivity index (χ0v) is 16.6. The number of aliphatic imine (C=N–C) groups is 1. The Morgan fingerprint density at radius 3 is 2.82 bits per heavy atom. The lowest BCUT2D eigenvalue weighted by molar-refractivity contribution is -0.0850. The fourth-order valence-corrected chi connectivity index (χ4v) is 2.99. The van der Waals surface area contributed by atoms with Crippen molar-refractivity contribution in [2.75, 3.05) is 40.0 Å². The van der Waals surface area contributed by atoms with Gasteiger partial charge in [0.2, 0.25) is 0 Å². The van der Waals surface area contributed by atoms with Crippen molar-refractivity contribution in [2.45, 2.75) is 25.4 Å². The molecule has 0 aliphatic carbocycles. The third-order valence-electron chi connectivity index (χ3n) is 3.49. The van der Waals surface area contributed by atoms with Gasteiger partial charge in [0.1, 0.15) is 0 Å². The minimum absolute atomic E-state index is 0. The molecule has 1 saturated heterocycles. The topological polar surface area (TPSA) is 54.9 Å². The fraction of sp³-hybridized carbons (Fsp3) is 0.667. The number of ether oxygens (including phenoxy) is 2. The normalized spacial score (nSPS) is 19.4. The van der Waals surface area contributed by atoms with E-state index in [9.17, 15) is 0 Å². The van der Waals surface area contributed by atoms with Crippen molar-refractivity contribution < 1.29 is 9.47 Å². The van der Waals surface area contributed by atoms with Crippen LogP contribution >= 0.6 is 35.3 Å². The molecule has 7 heteroatoms. The molecule has 1 aromatic heterocycles. The van der Waals surface area contributed by atoms with Crippen LogP contribution in [0.15, 0.2) is 22.5 Å². The molecule has 2 heterocycles. The Morgan fingerprint density at radius 1 is 1.41 bits per heavy atom. The molecule has 1 atom stereocenters. The summed E-state index contributed by atoms with van der Waals surface area (Å²) in [7, 11) is 1.78. The highest BCUT2D eigenvalue weighted by Crippen LogP contribution is 2.26. The van der Waals surface area contributed by atoms with E-state index >= 15 is 0 Å². The predicted octanol–water partition coefficient (Wildman–Crippen LogP) is 2.22. The maximum atomic E-state index is 5.61. The average Bonchev–Trinajstić information content (AvgIpc) is 3.03. The summed E-state index contributed by atoms with van der Waals surface area (Å²) in [6.45, 7) is 8.01. The van der Waals surface area contributed by atoms with Gasteiger partial charge >= 0.3 is 0 Å². The van der Waals surface area contributed by atoms with E-state index in [1.54, 1.807) is 18.4 Å². The van der Waals surface area contributed by atoms with Crippen molar-refractivity contribution in [1.82, 2.24) is 10.6 Å². The molecule has 0 aromatic carbocycles. The second-order valence-electron chi connectivity index (χ2n) is 5.74. The summed E-state index contributed by atoms with van der Waals surface area (Å²) in [4.78, 5) is 5.63. The monoisotopic (exact) mass is 439 g/mol. The minimum atomic E-state index is 0. The van der Waals surface area contributed by atoms with Crippen LogP contribution in [0.25, 0.3) is 0 Å². The Kier molecular flexibility index (Phi) is 8.66. The van der Waals surface area contributed by atoms with Gasteiger partial charge in [0, 0.05) is 30.4 Å². The van der Waals surface area contributed by atoms with Crippen molar-refractivity contribution in [3.05, 3.63) is 22.4 Å². The van der Waals surface area contributed by atoms with Crippen molar-refractivity contribution in [3.63, 3.8) is 0 Å². The molecule has 22 heavy (non-hydrogen) atoms. The second kappa shape index (κ2) is 9.69. The molecule has 126 valence electrons. The van der Waals surface area contributed by atoms with Crippen molar-refractivity contribution in [1.29, 1.82) is 0 Å². The molecule has 1 unspecified atom stereocenters. The lowest BCUT2D eigenvalue weighted by Gasteiger charge is -2.27. The number of halogens is 1. The van der Waals surface area contributed by atoms with Gasteiger partial charge in [-0.15, -0.1) is 35.3 Å². The Bertz CT molecular complexity index is 446. The highest BCUT2D eigenvalue weighted by atomic mass is 127. The molecule has 0 saturated carbocycles. The molecule has 1 aliphatic rings. The molecule has 0 radical (unpaired) electrons. The van der Waals surface area contributed by atoms with E-state index in [1.165, 1.54) is 4.88 Å². The van der Waals surface area contributed by atoms with Crippen molar-refractivity contribution >= 4 is 41.3 Å². The molecule has 0 bridgehead atoms. The SMILES string of the molecule is CN=C(NCC1COCCO1)NCC(C)(C)c1cccs1.I. The summed E-state index contributed by atoms with van der Waals surface area (Å²) in [6, 6.07) is 4.27. The lowest BCUT2D eigenvalue weighted by Crippen LogP contribution is -2.47. The predicted molar refractivity (Wildman–Crippen MR) is 103 cm³/mol. The number of rotatable bonds is 5. The molecular weight excluding hydrogens is 413 g/mol. The van der Waals surface area contributed by atoms with Crippen molar-refractivity contribution in [2.24, 2.45) is 4.99 Å². The largest absolute Gasteiger partial charge is 0.376 e. The minimum Gasteiger partial charge on any atom is -0.376 e. The summed E-state index contributed by atoms with van der Waals surface area (Å²) in [5.41, 5.74) is 0.0796. The van der Waals surface area contributed by atoms with Crippen LogP contribution in [0.3, 0.4) is 0 Å². The molecule has 0 spiro atoms. The second-order valence-corrected chi connectivity index (χ2v) is 6.68. The van der Waals surface area contributed by atoms with Crippen LogP contribution < -0.4 is 10.6 Å². The molecule has 2 rings (SSSR count). The van der Waals surface area contributed by atoms with Crippen LogP contribution in [0.1, 0.15) is 18.7 Å². The van der Waals surface area contributed by atoms with Gasteiger partial charge in [-0.25, -0.2) is 0 Å². The first-order chi connectivity index (χ1) is 10.1. The van der Waals surface area contributed by atoms with E-state index in [2.05, 4.69) is 47.0 Å². The third kappa shape index (κ3) is 6.02. The maximum Gasteiger partial charge on any atom is 0.191 e. The molecular formula is C15H26IN3O2S. The first-order valence-electron chi connectivity index (χ1n) is 7.29. The van der Waals surface area contributed by atoms with Crippen LogP contribution in [0.5, 0.6) is 0 Å². The zero-order valence-electron chi connectivity index (χ0n) is 13.4. The van der Waals surface area contributed by atoms with E-state index < -0.39 is 0 Å². The van der Waals surface area contributed by atoms with Gasteiger partial charge in [-0.2, -0.15) is 0 Å². The number of nitrogens with one attached hydrogen (secondary N) is 2. The summed E-state index contributed by atoms with van der Waals surface area (Å²) in [5, 5.41) is 8.80. The summed E-state index contributed by atoms with van der Waals surface area (Å²) in [5.74, 6) is 0.800. The molecule has 5 nitrogen and oxygen atoms in total. The number of hydrogen-bond donors (Lipinski definition) is 2. The van der Waals surface area contributed by atoms with E-state index in [-0.39, 0.29) is 35.5 Å². The van der Waals surface area contributed by atoms with Crippen LogP contribution in [0.2, 0.25) is 0 Å². The number of hydrogen-bond acceptors (Lipinski definition) is 4. The van der Waals surface area contributed by atoms with E-state index in [0.717, 1.165) is 12.5 Å². The van der Waals surface area contributed by atoms with Gasteiger partial charge in [-0.05, 0) is 11.4 Å². The fourth-order valence-electron chi connectivity index (χ4n) is 2.14. The van der Waals surface area contributed by atoms with E-state index in [4.69, 9.17) is 9.47 Å². The van der Waals surface area contributed by atoms with Gasteiger partial charge in [-0.1, -0.05) is 19.9 Å². The van der Waals surface area contributed by atoms with Crippen LogP contribution in [0, 0.1) is 0 Å². The average molecular weight is 439 g/mol. The summed E-state index contributed by atoms with van der Waals surface area (Å²) < 4.78 is 11.0. The Hall–Kier alpha value is -0.380. The van der Waals surface area contributed by atoms with Gasteiger partial charge in [-0.3, -0.25) is 4.99 Å². The summed E-state index contributed by atoms with van der Waals surface area (Å²) in [6.07, 6.45) is 0.0996. The Morgan fingerprint density at radius 2 is 2.23 bits per heavy atom.